The third kappa shape index (κ3) is 2.26. The van der Waals surface area contributed by atoms with Crippen molar-refractivity contribution in [3.05, 3.63) is 29.8 Å². The van der Waals surface area contributed by atoms with E-state index in [4.69, 9.17) is 4.84 Å². The van der Waals surface area contributed by atoms with Gasteiger partial charge in [0, 0.05) is 6.04 Å². The SMILES string of the molecule is O=C1CCON1c1cccc(C2CCCCN2)c1. The normalized spacial score (nSPS) is 24.6. The van der Waals surface area contributed by atoms with Crippen LogP contribution in [0, 0.1) is 0 Å². The van der Waals surface area contributed by atoms with Gasteiger partial charge >= 0.3 is 0 Å². The van der Waals surface area contributed by atoms with Crippen molar-refractivity contribution in [3.8, 4) is 0 Å². The number of hydrogen-bond acceptors (Lipinski definition) is 3. The lowest BCUT2D eigenvalue weighted by molar-refractivity contribution is -0.119. The maximum absolute atomic E-state index is 11.6. The van der Waals surface area contributed by atoms with Crippen molar-refractivity contribution in [2.75, 3.05) is 18.2 Å². The highest BCUT2D eigenvalue weighted by molar-refractivity contribution is 5.92. The minimum atomic E-state index is 0.0451. The summed E-state index contributed by atoms with van der Waals surface area (Å²) in [4.78, 5) is 17.0. The summed E-state index contributed by atoms with van der Waals surface area (Å²) < 4.78 is 0. The molecule has 0 aromatic heterocycles. The third-order valence-corrected chi connectivity index (χ3v) is 3.58. The smallest absolute Gasteiger partial charge is 0.253 e. The van der Waals surface area contributed by atoms with Crippen LogP contribution in [0.1, 0.15) is 37.3 Å². The number of nitrogens with one attached hydrogen (secondary N) is 1. The Hall–Kier alpha value is -1.39. The van der Waals surface area contributed by atoms with Gasteiger partial charge in [-0.05, 0) is 37.1 Å². The number of hydroxylamine groups is 1. The molecule has 1 unspecified atom stereocenters. The van der Waals surface area contributed by atoms with Gasteiger partial charge in [0.05, 0.1) is 18.7 Å². The van der Waals surface area contributed by atoms with E-state index < -0.39 is 0 Å². The molecular formula is C14H18N2O2. The molecule has 0 radical (unpaired) electrons. The molecule has 2 fully saturated rings. The number of amides is 1. The van der Waals surface area contributed by atoms with Crippen LogP contribution in [-0.4, -0.2) is 19.1 Å². The summed E-state index contributed by atoms with van der Waals surface area (Å²) in [6.45, 7) is 1.57. The first-order valence-corrected chi connectivity index (χ1v) is 6.64. The molecule has 4 nitrogen and oxygen atoms in total. The van der Waals surface area contributed by atoms with E-state index in [9.17, 15) is 4.79 Å². The van der Waals surface area contributed by atoms with Crippen molar-refractivity contribution in [2.24, 2.45) is 0 Å². The third-order valence-electron chi connectivity index (χ3n) is 3.58. The van der Waals surface area contributed by atoms with E-state index in [1.165, 1.54) is 23.5 Å². The molecule has 0 aliphatic carbocycles. The Morgan fingerprint density at radius 2 is 2.28 bits per heavy atom. The van der Waals surface area contributed by atoms with Crippen LogP contribution in [-0.2, 0) is 9.63 Å². The van der Waals surface area contributed by atoms with E-state index in [0.717, 1.165) is 18.7 Å². The van der Waals surface area contributed by atoms with Gasteiger partial charge in [-0.15, -0.1) is 0 Å². The number of benzene rings is 1. The topological polar surface area (TPSA) is 41.6 Å². The summed E-state index contributed by atoms with van der Waals surface area (Å²) in [5, 5.41) is 4.94. The van der Waals surface area contributed by atoms with Crippen LogP contribution in [0.25, 0.3) is 0 Å². The Bertz CT molecular complexity index is 441. The van der Waals surface area contributed by atoms with Crippen molar-refractivity contribution in [2.45, 2.75) is 31.7 Å². The molecule has 2 aliphatic rings. The number of carbonyl (C=O) groups is 1. The Morgan fingerprint density at radius 3 is 3.00 bits per heavy atom. The van der Waals surface area contributed by atoms with E-state index in [0.29, 0.717) is 19.1 Å². The molecular weight excluding hydrogens is 228 g/mol. The first-order chi connectivity index (χ1) is 8.84. The molecule has 4 heteroatoms. The lowest BCUT2D eigenvalue weighted by Crippen LogP contribution is -2.27. The number of hydrogen-bond donors (Lipinski definition) is 1. The Labute approximate surface area is 107 Å². The predicted octanol–water partition coefficient (Wildman–Crippen LogP) is 2.17. The maximum atomic E-state index is 11.6. The minimum Gasteiger partial charge on any atom is -0.310 e. The largest absolute Gasteiger partial charge is 0.310 e. The molecule has 0 spiro atoms. The fraction of sp³-hybridized carbons (Fsp3) is 0.500. The monoisotopic (exact) mass is 246 g/mol. The molecule has 2 heterocycles. The molecule has 1 amide bonds. The minimum absolute atomic E-state index is 0.0451. The van der Waals surface area contributed by atoms with Gasteiger partial charge in [-0.2, -0.15) is 5.06 Å². The number of carbonyl (C=O) groups excluding carboxylic acids is 1. The molecule has 0 saturated carbocycles. The molecule has 96 valence electrons. The number of anilines is 1. The summed E-state index contributed by atoms with van der Waals surface area (Å²) in [5.41, 5.74) is 2.10. The molecule has 2 saturated heterocycles. The standard InChI is InChI=1S/C14H18N2O2/c17-14-7-9-18-16(14)12-5-3-4-11(10-12)13-6-1-2-8-15-13/h3-5,10,13,15H,1-2,6-9H2. The average Bonchev–Trinajstić information content (AvgIpc) is 2.86. The molecule has 1 aromatic rings. The van der Waals surface area contributed by atoms with Crippen LogP contribution in [0.2, 0.25) is 0 Å². The van der Waals surface area contributed by atoms with Crippen LogP contribution in [0.15, 0.2) is 24.3 Å². The second kappa shape index (κ2) is 5.08. The second-order valence-corrected chi connectivity index (χ2v) is 4.87. The second-order valence-electron chi connectivity index (χ2n) is 4.87. The molecule has 0 bridgehead atoms. The lowest BCUT2D eigenvalue weighted by atomic mass is 9.97. The van der Waals surface area contributed by atoms with E-state index in [1.54, 1.807) is 0 Å². The van der Waals surface area contributed by atoms with Crippen molar-refractivity contribution in [3.63, 3.8) is 0 Å². The Morgan fingerprint density at radius 1 is 1.33 bits per heavy atom. The summed E-state index contributed by atoms with van der Waals surface area (Å²) in [6.07, 6.45) is 4.16. The van der Waals surface area contributed by atoms with E-state index in [2.05, 4.69) is 17.4 Å². The maximum Gasteiger partial charge on any atom is 0.253 e. The van der Waals surface area contributed by atoms with Gasteiger partial charge in [-0.25, -0.2) is 0 Å². The van der Waals surface area contributed by atoms with Crippen molar-refractivity contribution >= 4 is 11.6 Å². The molecule has 1 atom stereocenters. The average molecular weight is 246 g/mol. The summed E-state index contributed by atoms with van der Waals surface area (Å²) in [5.74, 6) is 0.0451. The van der Waals surface area contributed by atoms with Gasteiger partial charge in [0.1, 0.15) is 0 Å². The quantitative estimate of drug-likeness (QED) is 0.869. The van der Waals surface area contributed by atoms with E-state index in [1.807, 2.05) is 12.1 Å². The number of rotatable bonds is 2. The van der Waals surface area contributed by atoms with Crippen molar-refractivity contribution in [1.82, 2.24) is 5.32 Å². The first kappa shape index (κ1) is 11.7. The van der Waals surface area contributed by atoms with Crippen LogP contribution in [0.3, 0.4) is 0 Å². The highest BCUT2D eigenvalue weighted by Crippen LogP contribution is 2.27. The highest BCUT2D eigenvalue weighted by atomic mass is 16.7. The fourth-order valence-electron chi connectivity index (χ4n) is 2.62. The first-order valence-electron chi connectivity index (χ1n) is 6.64. The Kier molecular flexibility index (Phi) is 3.30. The van der Waals surface area contributed by atoms with Crippen LogP contribution in [0.5, 0.6) is 0 Å². The zero-order valence-corrected chi connectivity index (χ0v) is 10.4. The van der Waals surface area contributed by atoms with Crippen LogP contribution < -0.4 is 10.4 Å². The van der Waals surface area contributed by atoms with Crippen LogP contribution >= 0.6 is 0 Å². The van der Waals surface area contributed by atoms with Crippen molar-refractivity contribution < 1.29 is 9.63 Å². The zero-order valence-electron chi connectivity index (χ0n) is 10.4. The number of piperidine rings is 1. The van der Waals surface area contributed by atoms with Gasteiger partial charge in [0.25, 0.3) is 5.91 Å². The molecule has 3 rings (SSSR count). The molecule has 1 N–H and O–H groups in total. The summed E-state index contributed by atoms with van der Waals surface area (Å²) in [7, 11) is 0. The van der Waals surface area contributed by atoms with Gasteiger partial charge in [0.15, 0.2) is 0 Å². The number of nitrogens with zero attached hydrogens (tertiary/aromatic N) is 1. The van der Waals surface area contributed by atoms with Gasteiger partial charge < -0.3 is 5.32 Å². The van der Waals surface area contributed by atoms with Gasteiger partial charge in [-0.1, -0.05) is 18.6 Å². The van der Waals surface area contributed by atoms with Crippen LogP contribution in [0.4, 0.5) is 5.69 Å². The summed E-state index contributed by atoms with van der Waals surface area (Å²) >= 11 is 0. The molecule has 2 aliphatic heterocycles. The molecule has 1 aromatic carbocycles. The van der Waals surface area contributed by atoms with Gasteiger partial charge in [-0.3, -0.25) is 9.63 Å². The fourth-order valence-corrected chi connectivity index (χ4v) is 2.62. The lowest BCUT2D eigenvalue weighted by Gasteiger charge is -2.25. The zero-order chi connectivity index (χ0) is 12.4. The van der Waals surface area contributed by atoms with E-state index in [-0.39, 0.29) is 5.91 Å². The molecule has 18 heavy (non-hydrogen) atoms. The van der Waals surface area contributed by atoms with E-state index >= 15 is 0 Å². The predicted molar refractivity (Wildman–Crippen MR) is 69.1 cm³/mol. The van der Waals surface area contributed by atoms with Gasteiger partial charge in [0.2, 0.25) is 0 Å². The van der Waals surface area contributed by atoms with Crippen molar-refractivity contribution in [1.29, 1.82) is 0 Å². The summed E-state index contributed by atoms with van der Waals surface area (Å²) in [6, 6.07) is 8.52. The highest BCUT2D eigenvalue weighted by Gasteiger charge is 2.24. The Balaban J connectivity index is 1.82.